The molecule has 0 bridgehead atoms. The Labute approximate surface area is 175 Å². The smallest absolute Gasteiger partial charge is 0.294 e. The number of halogens is 1. The minimum atomic E-state index is -0.381. The van der Waals surface area contributed by atoms with Crippen molar-refractivity contribution in [1.29, 1.82) is 0 Å². The zero-order chi connectivity index (χ0) is 20.6. The van der Waals surface area contributed by atoms with Gasteiger partial charge in [0.15, 0.2) is 11.5 Å². The number of benzene rings is 2. The molecule has 1 aliphatic rings. The first-order valence-corrected chi connectivity index (χ1v) is 9.86. The third-order valence-corrected chi connectivity index (χ3v) is 4.51. The lowest BCUT2D eigenvalue weighted by atomic mass is 10.1. The van der Waals surface area contributed by atoms with Gasteiger partial charge in [-0.1, -0.05) is 35.9 Å². The highest BCUT2D eigenvalue weighted by atomic mass is 35.5. The van der Waals surface area contributed by atoms with Gasteiger partial charge in [-0.2, -0.15) is 0 Å². The van der Waals surface area contributed by atoms with Crippen molar-refractivity contribution in [3.05, 3.63) is 64.9 Å². The summed E-state index contributed by atoms with van der Waals surface area (Å²) in [4.78, 5) is 26.8. The summed E-state index contributed by atoms with van der Waals surface area (Å²) in [6.45, 7) is 3.55. The quantitative estimate of drug-likeness (QED) is 0.529. The van der Waals surface area contributed by atoms with E-state index >= 15 is 0 Å². The zero-order valence-corrected chi connectivity index (χ0v) is 16.9. The van der Waals surface area contributed by atoms with E-state index in [-0.39, 0.29) is 24.1 Å². The number of hydrogen-bond acceptors (Lipinski definition) is 4. The zero-order valence-electron chi connectivity index (χ0n) is 16.2. The van der Waals surface area contributed by atoms with E-state index < -0.39 is 0 Å². The van der Waals surface area contributed by atoms with Gasteiger partial charge >= 0.3 is 0 Å². The highest BCUT2D eigenvalue weighted by molar-refractivity contribution is 6.30. The molecule has 0 spiro atoms. The number of carbonyl (C=O) groups excluding carboxylic acids is 2. The van der Waals surface area contributed by atoms with Crippen LogP contribution in [0.3, 0.4) is 0 Å². The van der Waals surface area contributed by atoms with Gasteiger partial charge in [0.2, 0.25) is 5.91 Å². The van der Waals surface area contributed by atoms with E-state index in [1.54, 1.807) is 42.5 Å². The van der Waals surface area contributed by atoms with Gasteiger partial charge in [0, 0.05) is 24.8 Å². The van der Waals surface area contributed by atoms with Crippen molar-refractivity contribution >= 4 is 35.2 Å². The molecule has 0 radical (unpaired) electrons. The maximum Gasteiger partial charge on any atom is 0.294 e. The molecule has 2 aromatic carbocycles. The molecule has 2 aromatic rings. The van der Waals surface area contributed by atoms with Crippen LogP contribution in [0.15, 0.2) is 54.3 Å². The van der Waals surface area contributed by atoms with E-state index in [0.29, 0.717) is 42.6 Å². The first kappa shape index (κ1) is 20.9. The number of hydrogen-bond donors (Lipinski definition) is 1. The van der Waals surface area contributed by atoms with Gasteiger partial charge in [-0.3, -0.25) is 14.5 Å². The normalized spacial score (nSPS) is 14.5. The molecule has 0 unspecified atom stereocenters. The Hall–Kier alpha value is -2.83. The fourth-order valence-corrected chi connectivity index (χ4v) is 3.11. The average Bonchev–Trinajstić information content (AvgIpc) is 2.71. The van der Waals surface area contributed by atoms with Gasteiger partial charge in [0.1, 0.15) is 6.54 Å². The van der Waals surface area contributed by atoms with E-state index in [4.69, 9.17) is 21.1 Å². The monoisotopic (exact) mass is 414 g/mol. The molecule has 29 heavy (non-hydrogen) atoms. The Morgan fingerprint density at radius 1 is 1.24 bits per heavy atom. The lowest BCUT2D eigenvalue weighted by Crippen LogP contribution is -2.44. The molecule has 0 aliphatic carbocycles. The number of amides is 2. The Kier molecular flexibility index (Phi) is 7.27. The first-order valence-electron chi connectivity index (χ1n) is 9.49. The number of nitrogens with one attached hydrogen (secondary N) is 1. The summed E-state index contributed by atoms with van der Waals surface area (Å²) in [5.74, 6) is 0.0291. The lowest BCUT2D eigenvalue weighted by Gasteiger charge is -2.30. The highest BCUT2D eigenvalue weighted by Crippen LogP contribution is 2.35. The summed E-state index contributed by atoms with van der Waals surface area (Å²) in [5, 5.41) is 3.38. The van der Waals surface area contributed by atoms with Gasteiger partial charge in [0.25, 0.3) is 5.91 Å². The molecule has 3 rings (SSSR count). The maximum absolute atomic E-state index is 13.0. The fraction of sp³-hybridized carbons (Fsp3) is 0.273. The van der Waals surface area contributed by atoms with Crippen LogP contribution in [0, 0.1) is 0 Å². The summed E-state index contributed by atoms with van der Waals surface area (Å²) in [5.41, 5.74) is 1.30. The van der Waals surface area contributed by atoms with Crippen molar-refractivity contribution in [2.24, 2.45) is 0 Å². The minimum absolute atomic E-state index is 0.0965. The second-order valence-corrected chi connectivity index (χ2v) is 6.86. The number of nitrogens with zero attached hydrogens (tertiary/aromatic N) is 1. The van der Waals surface area contributed by atoms with Crippen LogP contribution in [-0.4, -0.2) is 38.1 Å². The number of ether oxygens (including phenoxy) is 2. The largest absolute Gasteiger partial charge is 0.449 e. The number of rotatable bonds is 8. The van der Waals surface area contributed by atoms with Gasteiger partial charge in [0.05, 0.1) is 5.69 Å². The molecule has 1 N–H and O–H groups in total. The molecule has 0 saturated carbocycles. The van der Waals surface area contributed by atoms with E-state index in [0.717, 1.165) is 5.56 Å². The predicted octanol–water partition coefficient (Wildman–Crippen LogP) is 3.65. The Bertz CT molecular complexity index is 913. The molecule has 7 heteroatoms. The number of para-hydroxylation sites is 2. The second kappa shape index (κ2) is 10.1. The van der Waals surface area contributed by atoms with Crippen LogP contribution in [0.4, 0.5) is 5.69 Å². The van der Waals surface area contributed by atoms with Crippen molar-refractivity contribution in [3.8, 4) is 5.75 Å². The fourth-order valence-electron chi connectivity index (χ4n) is 2.91. The van der Waals surface area contributed by atoms with Crippen LogP contribution < -0.4 is 15.0 Å². The molecule has 2 amide bonds. The first-order chi connectivity index (χ1) is 14.1. The molecule has 0 saturated heterocycles. The molecule has 0 atom stereocenters. The standard InChI is InChI=1S/C22H23ClN2O4/c1-2-28-12-6-11-24-21(26)15-25-18-9-3-4-10-19(18)29-20(22(25)27)14-16-7-5-8-17(23)13-16/h3-5,7-10,13-14H,2,6,11-12,15H2,1H3,(H,24,26)/b20-14+. The summed E-state index contributed by atoms with van der Waals surface area (Å²) in [6, 6.07) is 14.2. The summed E-state index contributed by atoms with van der Waals surface area (Å²) >= 11 is 6.03. The SMILES string of the molecule is CCOCCCNC(=O)CN1C(=O)/C(=C\c2cccc(Cl)c2)Oc2ccccc21. The topological polar surface area (TPSA) is 67.9 Å². The second-order valence-electron chi connectivity index (χ2n) is 6.43. The van der Waals surface area contributed by atoms with Crippen molar-refractivity contribution in [3.63, 3.8) is 0 Å². The molecule has 0 fully saturated rings. The Morgan fingerprint density at radius 3 is 2.86 bits per heavy atom. The highest BCUT2D eigenvalue weighted by Gasteiger charge is 2.31. The number of fused-ring (bicyclic) bond motifs is 1. The van der Waals surface area contributed by atoms with Gasteiger partial charge in [-0.05, 0) is 49.2 Å². The van der Waals surface area contributed by atoms with E-state index in [2.05, 4.69) is 5.32 Å². The molecule has 1 aliphatic heterocycles. The Balaban J connectivity index is 1.76. The lowest BCUT2D eigenvalue weighted by molar-refractivity contribution is -0.123. The van der Waals surface area contributed by atoms with Crippen LogP contribution in [0.25, 0.3) is 6.08 Å². The Morgan fingerprint density at radius 2 is 2.07 bits per heavy atom. The van der Waals surface area contributed by atoms with Crippen molar-refractivity contribution in [2.45, 2.75) is 13.3 Å². The minimum Gasteiger partial charge on any atom is -0.449 e. The predicted molar refractivity (Wildman–Crippen MR) is 113 cm³/mol. The van der Waals surface area contributed by atoms with Crippen LogP contribution in [0.1, 0.15) is 18.9 Å². The van der Waals surface area contributed by atoms with Crippen molar-refractivity contribution < 1.29 is 19.1 Å². The summed E-state index contributed by atoms with van der Waals surface area (Å²) in [6.07, 6.45) is 2.34. The van der Waals surface area contributed by atoms with Gasteiger partial charge in [-0.25, -0.2) is 0 Å². The van der Waals surface area contributed by atoms with Crippen LogP contribution in [0.5, 0.6) is 5.75 Å². The third kappa shape index (κ3) is 5.59. The van der Waals surface area contributed by atoms with Crippen LogP contribution >= 0.6 is 11.6 Å². The molecular formula is C22H23ClN2O4. The van der Waals surface area contributed by atoms with Crippen LogP contribution in [0.2, 0.25) is 5.02 Å². The van der Waals surface area contributed by atoms with E-state index in [9.17, 15) is 9.59 Å². The third-order valence-electron chi connectivity index (χ3n) is 4.27. The average molecular weight is 415 g/mol. The maximum atomic E-state index is 13.0. The summed E-state index contributed by atoms with van der Waals surface area (Å²) in [7, 11) is 0. The van der Waals surface area contributed by atoms with Gasteiger partial charge in [-0.15, -0.1) is 0 Å². The van der Waals surface area contributed by atoms with E-state index in [1.165, 1.54) is 4.90 Å². The molecule has 152 valence electrons. The molecule has 6 nitrogen and oxygen atoms in total. The molecular weight excluding hydrogens is 392 g/mol. The van der Waals surface area contributed by atoms with Crippen LogP contribution in [-0.2, 0) is 14.3 Å². The summed E-state index contributed by atoms with van der Waals surface area (Å²) < 4.78 is 11.1. The van der Waals surface area contributed by atoms with E-state index in [1.807, 2.05) is 19.1 Å². The van der Waals surface area contributed by atoms with Crippen molar-refractivity contribution in [1.82, 2.24) is 5.32 Å². The van der Waals surface area contributed by atoms with Gasteiger partial charge < -0.3 is 14.8 Å². The number of carbonyl (C=O) groups is 2. The molecule has 0 aromatic heterocycles. The molecule has 1 heterocycles. The van der Waals surface area contributed by atoms with Crippen molar-refractivity contribution in [2.75, 3.05) is 31.2 Å². The number of anilines is 1.